The molecule has 1 aliphatic carbocycles. The molecule has 4 nitrogen and oxygen atoms in total. The van der Waals surface area contributed by atoms with Crippen molar-refractivity contribution in [3.8, 4) is 0 Å². The van der Waals surface area contributed by atoms with Crippen LogP contribution in [0.4, 0.5) is 5.69 Å². The Morgan fingerprint density at radius 1 is 1.32 bits per heavy atom. The average molecular weight is 256 g/mol. The number of hydrogen-bond donors (Lipinski definition) is 0. The van der Waals surface area contributed by atoms with E-state index in [-0.39, 0.29) is 29.6 Å². The number of anilines is 1. The molecule has 98 valence electrons. The van der Waals surface area contributed by atoms with Crippen molar-refractivity contribution in [3.05, 3.63) is 36.2 Å². The third-order valence-electron chi connectivity index (χ3n) is 4.04. The SMILES string of the molecule is CC1=C[C@H](C)[C@H]2C(=O)N(c3cccnc3)C(=O)[C@H]2C1. The monoisotopic (exact) mass is 256 g/mol. The Hall–Kier alpha value is -1.97. The molecular weight excluding hydrogens is 240 g/mol. The second kappa shape index (κ2) is 4.30. The van der Waals surface area contributed by atoms with Gasteiger partial charge < -0.3 is 0 Å². The molecule has 1 aromatic rings. The molecule has 2 amide bonds. The van der Waals surface area contributed by atoms with E-state index in [2.05, 4.69) is 11.1 Å². The number of allylic oxidation sites excluding steroid dienone is 2. The molecule has 0 aromatic carbocycles. The summed E-state index contributed by atoms with van der Waals surface area (Å²) in [6.45, 7) is 4.04. The zero-order valence-electron chi connectivity index (χ0n) is 11.0. The van der Waals surface area contributed by atoms with E-state index in [1.54, 1.807) is 24.5 Å². The quantitative estimate of drug-likeness (QED) is 0.571. The van der Waals surface area contributed by atoms with Gasteiger partial charge in [0.25, 0.3) is 0 Å². The van der Waals surface area contributed by atoms with E-state index in [0.717, 1.165) is 0 Å². The lowest BCUT2D eigenvalue weighted by molar-refractivity contribution is -0.122. The van der Waals surface area contributed by atoms with Crippen molar-refractivity contribution in [3.63, 3.8) is 0 Å². The van der Waals surface area contributed by atoms with Gasteiger partial charge in [0.05, 0.1) is 23.7 Å². The Kier molecular flexibility index (Phi) is 2.73. The fourth-order valence-corrected chi connectivity index (χ4v) is 3.26. The Morgan fingerprint density at radius 2 is 2.11 bits per heavy atom. The molecule has 3 atom stereocenters. The number of aromatic nitrogens is 1. The number of fused-ring (bicyclic) bond motifs is 1. The molecular formula is C15H16N2O2. The van der Waals surface area contributed by atoms with Gasteiger partial charge in [-0.3, -0.25) is 14.6 Å². The van der Waals surface area contributed by atoms with Gasteiger partial charge in [0.15, 0.2) is 0 Å². The first kappa shape index (κ1) is 12.1. The Bertz CT molecular complexity index is 565. The molecule has 19 heavy (non-hydrogen) atoms. The lowest BCUT2D eigenvalue weighted by atomic mass is 9.76. The number of carbonyl (C=O) groups is 2. The molecule has 2 heterocycles. The second-order valence-corrected chi connectivity index (χ2v) is 5.43. The summed E-state index contributed by atoms with van der Waals surface area (Å²) in [6, 6.07) is 3.50. The fraction of sp³-hybridized carbons (Fsp3) is 0.400. The van der Waals surface area contributed by atoms with Crippen molar-refractivity contribution >= 4 is 17.5 Å². The minimum atomic E-state index is -0.212. The molecule has 0 bridgehead atoms. The zero-order valence-corrected chi connectivity index (χ0v) is 11.0. The molecule has 0 radical (unpaired) electrons. The lowest BCUT2D eigenvalue weighted by Crippen LogP contribution is -2.31. The molecule has 4 heteroatoms. The first-order valence-electron chi connectivity index (χ1n) is 6.54. The number of nitrogens with zero attached hydrogens (tertiary/aromatic N) is 2. The highest BCUT2D eigenvalue weighted by Gasteiger charge is 2.51. The van der Waals surface area contributed by atoms with Gasteiger partial charge in [0.1, 0.15) is 0 Å². The Morgan fingerprint density at radius 3 is 2.79 bits per heavy atom. The van der Waals surface area contributed by atoms with Crippen molar-refractivity contribution in [1.82, 2.24) is 4.98 Å². The number of amides is 2. The fourth-order valence-electron chi connectivity index (χ4n) is 3.26. The number of pyridine rings is 1. The second-order valence-electron chi connectivity index (χ2n) is 5.43. The van der Waals surface area contributed by atoms with Crippen LogP contribution in [0, 0.1) is 17.8 Å². The summed E-state index contributed by atoms with van der Waals surface area (Å²) in [5.74, 6) is -0.456. The standard InChI is InChI=1S/C15H16N2O2/c1-9-6-10(2)13-12(7-9)14(18)17(15(13)19)11-4-3-5-16-8-11/h3-6,8,10,12-13H,7H2,1-2H3/t10-,12-,13+/m0/s1. The zero-order chi connectivity index (χ0) is 13.6. The van der Waals surface area contributed by atoms with Crippen LogP contribution in [0.1, 0.15) is 20.3 Å². The number of rotatable bonds is 1. The van der Waals surface area contributed by atoms with Crippen LogP contribution >= 0.6 is 0 Å². The van der Waals surface area contributed by atoms with Crippen molar-refractivity contribution in [2.24, 2.45) is 17.8 Å². The maximum atomic E-state index is 12.5. The van der Waals surface area contributed by atoms with E-state index >= 15 is 0 Å². The molecule has 1 fully saturated rings. The Labute approximate surface area is 112 Å². The molecule has 0 unspecified atom stereocenters. The first-order valence-corrected chi connectivity index (χ1v) is 6.54. The predicted molar refractivity (Wildman–Crippen MR) is 71.2 cm³/mol. The lowest BCUT2D eigenvalue weighted by Gasteiger charge is -2.25. The van der Waals surface area contributed by atoms with Crippen LogP contribution in [0.25, 0.3) is 0 Å². The summed E-state index contributed by atoms with van der Waals surface area (Å²) in [4.78, 5) is 30.3. The van der Waals surface area contributed by atoms with Crippen molar-refractivity contribution < 1.29 is 9.59 Å². The summed E-state index contributed by atoms with van der Waals surface area (Å²) in [6.07, 6.45) is 6.00. The highest BCUT2D eigenvalue weighted by molar-refractivity contribution is 6.22. The van der Waals surface area contributed by atoms with Gasteiger partial charge in [-0.2, -0.15) is 0 Å². The highest BCUT2D eigenvalue weighted by Crippen LogP contribution is 2.42. The molecule has 1 saturated heterocycles. The third kappa shape index (κ3) is 1.79. The maximum absolute atomic E-state index is 12.5. The number of hydrogen-bond acceptors (Lipinski definition) is 3. The van der Waals surface area contributed by atoms with Crippen molar-refractivity contribution in [2.45, 2.75) is 20.3 Å². The van der Waals surface area contributed by atoms with Crippen LogP contribution in [0.2, 0.25) is 0 Å². The van der Waals surface area contributed by atoms with Crippen LogP contribution in [-0.2, 0) is 9.59 Å². The van der Waals surface area contributed by atoms with Crippen LogP contribution in [0.15, 0.2) is 36.2 Å². The van der Waals surface area contributed by atoms with Gasteiger partial charge in [-0.1, -0.05) is 18.6 Å². The Balaban J connectivity index is 2.00. The van der Waals surface area contributed by atoms with Gasteiger partial charge in [-0.25, -0.2) is 4.90 Å². The summed E-state index contributed by atoms with van der Waals surface area (Å²) < 4.78 is 0. The van der Waals surface area contributed by atoms with Gasteiger partial charge in [-0.05, 0) is 31.4 Å². The van der Waals surface area contributed by atoms with Crippen molar-refractivity contribution in [1.29, 1.82) is 0 Å². The van der Waals surface area contributed by atoms with Gasteiger partial charge in [-0.15, -0.1) is 0 Å². The largest absolute Gasteiger partial charge is 0.274 e. The molecule has 1 aliphatic heterocycles. The predicted octanol–water partition coefficient (Wildman–Crippen LogP) is 2.17. The van der Waals surface area contributed by atoms with E-state index in [1.807, 2.05) is 13.8 Å². The summed E-state index contributed by atoms with van der Waals surface area (Å²) in [5, 5.41) is 0. The number of carbonyl (C=O) groups excluding carboxylic acids is 2. The summed E-state index contributed by atoms with van der Waals surface area (Å²) >= 11 is 0. The van der Waals surface area contributed by atoms with Crippen LogP contribution in [0.3, 0.4) is 0 Å². The summed E-state index contributed by atoms with van der Waals surface area (Å²) in [5.41, 5.74) is 1.78. The van der Waals surface area contributed by atoms with Crippen molar-refractivity contribution in [2.75, 3.05) is 4.90 Å². The highest BCUT2D eigenvalue weighted by atomic mass is 16.2. The van der Waals surface area contributed by atoms with Gasteiger partial charge in [0.2, 0.25) is 11.8 Å². The van der Waals surface area contributed by atoms with E-state index in [1.165, 1.54) is 10.5 Å². The third-order valence-corrected chi connectivity index (χ3v) is 4.04. The van der Waals surface area contributed by atoms with Crippen LogP contribution < -0.4 is 4.90 Å². The van der Waals surface area contributed by atoms with Gasteiger partial charge >= 0.3 is 0 Å². The van der Waals surface area contributed by atoms with Crippen LogP contribution in [-0.4, -0.2) is 16.8 Å². The normalized spacial score (nSPS) is 30.3. The van der Waals surface area contributed by atoms with E-state index < -0.39 is 0 Å². The van der Waals surface area contributed by atoms with E-state index in [0.29, 0.717) is 12.1 Å². The van der Waals surface area contributed by atoms with Crippen LogP contribution in [0.5, 0.6) is 0 Å². The maximum Gasteiger partial charge on any atom is 0.238 e. The minimum absolute atomic E-state index is 0.0812. The molecule has 0 N–H and O–H groups in total. The smallest absolute Gasteiger partial charge is 0.238 e. The average Bonchev–Trinajstić information content (AvgIpc) is 2.62. The minimum Gasteiger partial charge on any atom is -0.274 e. The first-order chi connectivity index (χ1) is 9.09. The van der Waals surface area contributed by atoms with Gasteiger partial charge in [0, 0.05) is 6.20 Å². The van der Waals surface area contributed by atoms with E-state index in [9.17, 15) is 9.59 Å². The molecule has 0 spiro atoms. The molecule has 3 rings (SSSR count). The molecule has 1 aromatic heterocycles. The van der Waals surface area contributed by atoms with E-state index in [4.69, 9.17) is 0 Å². The summed E-state index contributed by atoms with van der Waals surface area (Å²) in [7, 11) is 0. The number of imide groups is 1. The molecule has 2 aliphatic rings. The topological polar surface area (TPSA) is 50.3 Å². The molecule has 0 saturated carbocycles.